The van der Waals surface area contributed by atoms with Gasteiger partial charge in [0.25, 0.3) is 0 Å². The lowest BCUT2D eigenvalue weighted by atomic mass is 9.94. The van der Waals surface area contributed by atoms with E-state index in [1.807, 2.05) is 12.1 Å². The molecule has 2 aliphatic heterocycles. The van der Waals surface area contributed by atoms with Crippen molar-refractivity contribution in [3.05, 3.63) is 53.1 Å². The first-order chi connectivity index (χ1) is 15.1. The van der Waals surface area contributed by atoms with Gasteiger partial charge in [0.05, 0.1) is 5.56 Å². The molecule has 2 fully saturated rings. The molecule has 0 radical (unpaired) electrons. The maximum Gasteiger partial charge on any atom is 0.417 e. The van der Waals surface area contributed by atoms with Gasteiger partial charge in [-0.2, -0.15) is 24.2 Å². The third-order valence-electron chi connectivity index (χ3n) is 5.45. The highest BCUT2D eigenvalue weighted by atomic mass is 32.2. The highest BCUT2D eigenvalue weighted by Gasteiger charge is 2.40. The number of nitrogens with zero attached hydrogens (tertiary/aromatic N) is 1. The highest BCUT2D eigenvalue weighted by molar-refractivity contribution is 7.89. The molecular weight excluding hydrogens is 447 g/mol. The van der Waals surface area contributed by atoms with Gasteiger partial charge in [-0.3, -0.25) is 4.90 Å². The molecule has 0 saturated carbocycles. The van der Waals surface area contributed by atoms with Crippen molar-refractivity contribution in [1.82, 2.24) is 32.1 Å². The second-order valence-corrected chi connectivity index (χ2v) is 9.14. The predicted molar refractivity (Wildman–Crippen MR) is 112 cm³/mol. The van der Waals surface area contributed by atoms with Gasteiger partial charge in [0.2, 0.25) is 10.0 Å². The number of hydrogen-bond acceptors (Lipinski definition) is 8. The Bertz CT molecular complexity index is 1070. The Morgan fingerprint density at radius 2 is 1.62 bits per heavy atom. The summed E-state index contributed by atoms with van der Waals surface area (Å²) in [5, 5.41) is 8.56. The molecular formula is C19H24F3N7O2S. The summed E-state index contributed by atoms with van der Waals surface area (Å²) in [5.41, 5.74) is 10.8. The molecule has 0 aromatic heterocycles. The fourth-order valence-corrected chi connectivity index (χ4v) is 5.01. The Hall–Kier alpha value is -2.10. The first-order valence-electron chi connectivity index (χ1n) is 9.95. The Kier molecular flexibility index (Phi) is 6.51. The van der Waals surface area contributed by atoms with Crippen LogP contribution in [0.5, 0.6) is 0 Å². The van der Waals surface area contributed by atoms with Gasteiger partial charge in [-0.15, -0.1) is 0 Å². The topological polar surface area (TPSA) is 124 Å². The van der Waals surface area contributed by atoms with Gasteiger partial charge in [-0.05, 0) is 22.8 Å². The smallest absolute Gasteiger partial charge is 0.314 e. The molecule has 0 spiro atoms. The molecule has 0 unspecified atom stereocenters. The van der Waals surface area contributed by atoms with Crippen LogP contribution in [0.15, 0.2) is 41.3 Å². The Labute approximate surface area is 183 Å². The number of piperazine rings is 1. The second kappa shape index (κ2) is 9.03. The van der Waals surface area contributed by atoms with Gasteiger partial charge in [0.1, 0.15) is 11.1 Å². The van der Waals surface area contributed by atoms with Crippen LogP contribution in [0.4, 0.5) is 13.2 Å². The first kappa shape index (κ1) is 23.1. The van der Waals surface area contributed by atoms with E-state index < -0.39 is 32.8 Å². The van der Waals surface area contributed by atoms with E-state index in [2.05, 4.69) is 32.1 Å². The van der Waals surface area contributed by atoms with E-state index in [-0.39, 0.29) is 5.56 Å². The van der Waals surface area contributed by atoms with Crippen molar-refractivity contribution >= 4 is 10.0 Å². The Balaban J connectivity index is 1.78. The van der Waals surface area contributed by atoms with Gasteiger partial charge in [-0.1, -0.05) is 30.3 Å². The second-order valence-electron chi connectivity index (χ2n) is 7.64. The van der Waals surface area contributed by atoms with Gasteiger partial charge >= 0.3 is 6.18 Å². The number of hydrazine groups is 3. The fourth-order valence-electron chi connectivity index (χ4n) is 3.98. The summed E-state index contributed by atoms with van der Waals surface area (Å²) < 4.78 is 65.6. The van der Waals surface area contributed by atoms with Crippen molar-refractivity contribution in [2.45, 2.75) is 23.8 Å². The van der Waals surface area contributed by atoms with E-state index >= 15 is 0 Å². The molecule has 0 atom stereocenters. The zero-order valence-electron chi connectivity index (χ0n) is 17.0. The Morgan fingerprint density at radius 1 is 1.00 bits per heavy atom. The minimum atomic E-state index is -4.90. The summed E-state index contributed by atoms with van der Waals surface area (Å²) in [5.74, 6) is 0. The maximum atomic E-state index is 13.7. The number of nitrogens with two attached hydrogens (primary N) is 1. The standard InChI is InChI=1S/C19H24F3N7O2S/c20-19(21,22)15-6-5-14(16(17(15)32(23,30)31)18-25-27-28-26-18)13-3-1-12(2-4-13)11-29-9-7-24-8-10-29/h1-6,18,24-28H,7-11H2,(H2,23,30,31). The number of nitrogens with one attached hydrogen (secondary N) is 5. The zero-order valence-corrected chi connectivity index (χ0v) is 17.8. The lowest BCUT2D eigenvalue weighted by Crippen LogP contribution is -2.42. The number of primary sulfonamides is 1. The third kappa shape index (κ3) is 4.94. The average Bonchev–Trinajstić information content (AvgIpc) is 3.27. The van der Waals surface area contributed by atoms with E-state index in [4.69, 9.17) is 5.14 Å². The molecule has 2 aliphatic rings. The lowest BCUT2D eigenvalue weighted by molar-refractivity contribution is -0.140. The summed E-state index contributed by atoms with van der Waals surface area (Å²) in [7, 11) is -4.71. The number of rotatable bonds is 5. The summed E-state index contributed by atoms with van der Waals surface area (Å²) in [6, 6.07) is 9.34. The molecule has 174 valence electrons. The van der Waals surface area contributed by atoms with Crippen LogP contribution in [0, 0.1) is 0 Å². The largest absolute Gasteiger partial charge is 0.417 e. The fraction of sp³-hybridized carbons (Fsp3) is 0.368. The van der Waals surface area contributed by atoms with Crippen LogP contribution in [0.1, 0.15) is 22.9 Å². The molecule has 0 amide bonds. The summed E-state index contributed by atoms with van der Waals surface area (Å²) >= 11 is 0. The number of sulfonamides is 1. The Morgan fingerprint density at radius 3 is 2.19 bits per heavy atom. The van der Waals surface area contributed by atoms with Crippen LogP contribution in [-0.2, 0) is 22.7 Å². The van der Waals surface area contributed by atoms with Crippen molar-refractivity contribution in [3.8, 4) is 11.1 Å². The number of alkyl halides is 3. The molecule has 2 saturated heterocycles. The minimum absolute atomic E-state index is 0.130. The molecule has 13 heteroatoms. The summed E-state index contributed by atoms with van der Waals surface area (Å²) in [6.07, 6.45) is -5.89. The highest BCUT2D eigenvalue weighted by Crippen LogP contribution is 2.41. The maximum absolute atomic E-state index is 13.7. The predicted octanol–water partition coefficient (Wildman–Crippen LogP) is 0.541. The van der Waals surface area contributed by atoms with Gasteiger partial charge in [-0.25, -0.2) is 24.4 Å². The average molecular weight is 472 g/mol. The van der Waals surface area contributed by atoms with Crippen LogP contribution in [-0.4, -0.2) is 39.5 Å². The SMILES string of the molecule is NS(=O)(=O)c1c(C(F)(F)F)ccc(-c2ccc(CN3CCNCC3)cc2)c1C1NNNN1. The van der Waals surface area contributed by atoms with Crippen molar-refractivity contribution in [2.24, 2.45) is 5.14 Å². The van der Waals surface area contributed by atoms with E-state index in [0.717, 1.165) is 44.4 Å². The van der Waals surface area contributed by atoms with Gasteiger partial charge < -0.3 is 5.32 Å². The van der Waals surface area contributed by atoms with Crippen molar-refractivity contribution in [1.29, 1.82) is 0 Å². The molecule has 7 N–H and O–H groups in total. The molecule has 32 heavy (non-hydrogen) atoms. The van der Waals surface area contributed by atoms with Crippen molar-refractivity contribution < 1.29 is 21.6 Å². The van der Waals surface area contributed by atoms with Crippen LogP contribution in [0.25, 0.3) is 11.1 Å². The van der Waals surface area contributed by atoms with Gasteiger partial charge in [0, 0.05) is 38.3 Å². The van der Waals surface area contributed by atoms with E-state index in [1.165, 1.54) is 6.07 Å². The van der Waals surface area contributed by atoms with Gasteiger partial charge in [0.15, 0.2) is 0 Å². The van der Waals surface area contributed by atoms with E-state index in [9.17, 15) is 21.6 Å². The number of hydrogen-bond donors (Lipinski definition) is 6. The zero-order chi connectivity index (χ0) is 22.9. The lowest BCUT2D eigenvalue weighted by Gasteiger charge is -2.27. The summed E-state index contributed by atoms with van der Waals surface area (Å²) in [6.45, 7) is 4.46. The molecule has 4 rings (SSSR count). The van der Waals surface area contributed by atoms with Crippen LogP contribution in [0.3, 0.4) is 0 Å². The van der Waals surface area contributed by atoms with Crippen LogP contribution < -0.4 is 32.4 Å². The molecule has 0 aliphatic carbocycles. The van der Waals surface area contributed by atoms with E-state index in [0.29, 0.717) is 11.1 Å². The first-order valence-corrected chi connectivity index (χ1v) is 11.5. The van der Waals surface area contributed by atoms with E-state index in [1.54, 1.807) is 12.1 Å². The molecule has 2 aromatic carbocycles. The molecule has 9 nitrogen and oxygen atoms in total. The molecule has 2 aromatic rings. The quantitative estimate of drug-likeness (QED) is 0.374. The van der Waals surface area contributed by atoms with Crippen LogP contribution >= 0.6 is 0 Å². The van der Waals surface area contributed by atoms with Crippen molar-refractivity contribution in [3.63, 3.8) is 0 Å². The minimum Gasteiger partial charge on any atom is -0.314 e. The monoisotopic (exact) mass is 471 g/mol. The number of benzene rings is 2. The normalized spacial score (nSPS) is 18.9. The van der Waals surface area contributed by atoms with Crippen LogP contribution in [0.2, 0.25) is 0 Å². The third-order valence-corrected chi connectivity index (χ3v) is 6.46. The molecule has 0 bridgehead atoms. The summed E-state index contributed by atoms with van der Waals surface area (Å²) in [4.78, 5) is 1.33. The molecule has 2 heterocycles. The van der Waals surface area contributed by atoms with Crippen molar-refractivity contribution in [2.75, 3.05) is 26.2 Å². The number of halogens is 3.